The summed E-state index contributed by atoms with van der Waals surface area (Å²) in [5.41, 5.74) is 4.47. The van der Waals surface area contributed by atoms with Crippen LogP contribution in [0.3, 0.4) is 0 Å². The van der Waals surface area contributed by atoms with Gasteiger partial charge in [0.2, 0.25) is 5.91 Å². The minimum atomic E-state index is -2.00. The molecule has 0 aliphatic carbocycles. The predicted molar refractivity (Wildman–Crippen MR) is 27.4 cm³/mol. The molecule has 4 N–H and O–H groups in total. The summed E-state index contributed by atoms with van der Waals surface area (Å²) in [4.78, 5) is 0. The molecule has 0 rings (SSSR count). The molecular formula is C2H8BrNO2. The van der Waals surface area contributed by atoms with Crippen LogP contribution in [0.4, 0.5) is 0 Å². The lowest BCUT2D eigenvalue weighted by atomic mass is 10.6. The van der Waals surface area contributed by atoms with Crippen molar-refractivity contribution in [2.75, 3.05) is 0 Å². The quantitative estimate of drug-likeness (QED) is 0.403. The topological polar surface area (TPSA) is 66.5 Å². The lowest BCUT2D eigenvalue weighted by Gasteiger charge is -2.03. The third-order valence-corrected chi connectivity index (χ3v) is 0. The van der Waals surface area contributed by atoms with E-state index in [-0.39, 0.29) is 17.0 Å². The highest BCUT2D eigenvalue weighted by Crippen LogP contribution is 1.76. The van der Waals surface area contributed by atoms with Crippen molar-refractivity contribution in [2.45, 2.75) is 12.8 Å². The second-order valence-electron chi connectivity index (χ2n) is 1.09. The molecule has 4 heteroatoms. The van der Waals surface area contributed by atoms with E-state index < -0.39 is 5.91 Å². The molecule has 0 aromatic heterocycles. The Morgan fingerprint density at radius 1 is 1.50 bits per heavy atom. The molecule has 40 valence electrons. The van der Waals surface area contributed by atoms with Gasteiger partial charge in [-0.05, 0) is 0 Å². The summed E-state index contributed by atoms with van der Waals surface area (Å²) >= 11 is 0. The standard InChI is InChI=1S/C2H7NO2.BrH/c1-2(3,4)5;/h4-5H,3H2,1H3;1H. The number of halogens is 1. The summed E-state index contributed by atoms with van der Waals surface area (Å²) in [7, 11) is 0. The first-order valence-electron chi connectivity index (χ1n) is 1.24. The molecule has 0 aromatic carbocycles. The van der Waals surface area contributed by atoms with Crippen LogP contribution in [0.5, 0.6) is 0 Å². The number of rotatable bonds is 0. The van der Waals surface area contributed by atoms with Crippen molar-refractivity contribution in [3.8, 4) is 0 Å². The SMILES string of the molecule is Br.CC(N)(O)O. The van der Waals surface area contributed by atoms with Crippen molar-refractivity contribution in [1.82, 2.24) is 0 Å². The third-order valence-electron chi connectivity index (χ3n) is 0. The van der Waals surface area contributed by atoms with Crippen molar-refractivity contribution < 1.29 is 10.2 Å². The number of aliphatic hydroxyl groups is 2. The molecule has 0 atom stereocenters. The van der Waals surface area contributed by atoms with E-state index in [1.165, 1.54) is 0 Å². The molecule has 0 aromatic rings. The van der Waals surface area contributed by atoms with Crippen LogP contribution in [0.2, 0.25) is 0 Å². The van der Waals surface area contributed by atoms with E-state index in [1.54, 1.807) is 0 Å². The Bertz CT molecular complexity index is 27.0. The predicted octanol–water partition coefficient (Wildman–Crippen LogP) is -0.819. The van der Waals surface area contributed by atoms with Crippen molar-refractivity contribution in [2.24, 2.45) is 5.73 Å². The Morgan fingerprint density at radius 2 is 1.50 bits per heavy atom. The van der Waals surface area contributed by atoms with Crippen LogP contribution in [-0.2, 0) is 0 Å². The first-order chi connectivity index (χ1) is 2.00. The van der Waals surface area contributed by atoms with E-state index in [2.05, 4.69) is 5.73 Å². The lowest BCUT2D eigenvalue weighted by Crippen LogP contribution is -2.34. The van der Waals surface area contributed by atoms with E-state index in [9.17, 15) is 0 Å². The second-order valence-corrected chi connectivity index (χ2v) is 1.09. The van der Waals surface area contributed by atoms with Gasteiger partial charge < -0.3 is 10.2 Å². The molecular weight excluding hydrogens is 150 g/mol. The van der Waals surface area contributed by atoms with Gasteiger partial charge in [0, 0.05) is 6.92 Å². The maximum absolute atomic E-state index is 7.85. The Kier molecular flexibility index (Phi) is 4.04. The minimum absolute atomic E-state index is 0. The first kappa shape index (κ1) is 9.61. The van der Waals surface area contributed by atoms with Crippen LogP contribution in [0.1, 0.15) is 6.92 Å². The van der Waals surface area contributed by atoms with Gasteiger partial charge in [-0.2, -0.15) is 0 Å². The monoisotopic (exact) mass is 157 g/mol. The highest BCUT2D eigenvalue weighted by atomic mass is 79.9. The van der Waals surface area contributed by atoms with E-state index in [4.69, 9.17) is 10.2 Å². The van der Waals surface area contributed by atoms with Crippen molar-refractivity contribution in [3.63, 3.8) is 0 Å². The molecule has 0 amide bonds. The van der Waals surface area contributed by atoms with Crippen molar-refractivity contribution in [3.05, 3.63) is 0 Å². The minimum Gasteiger partial charge on any atom is -0.354 e. The van der Waals surface area contributed by atoms with Gasteiger partial charge in [-0.15, -0.1) is 17.0 Å². The summed E-state index contributed by atoms with van der Waals surface area (Å²) in [5, 5.41) is 15.7. The molecule has 0 fully saturated rings. The zero-order valence-electron chi connectivity index (χ0n) is 3.38. The molecule has 0 bridgehead atoms. The van der Waals surface area contributed by atoms with Crippen molar-refractivity contribution in [1.29, 1.82) is 0 Å². The van der Waals surface area contributed by atoms with Crippen LogP contribution in [-0.4, -0.2) is 16.1 Å². The largest absolute Gasteiger partial charge is 0.354 e. The van der Waals surface area contributed by atoms with Gasteiger partial charge in [-0.3, -0.25) is 5.73 Å². The highest BCUT2D eigenvalue weighted by Gasteiger charge is 2.00. The fraction of sp³-hybridized carbons (Fsp3) is 1.00. The molecule has 0 unspecified atom stereocenters. The zero-order valence-corrected chi connectivity index (χ0v) is 5.09. The Hall–Kier alpha value is 0.360. The normalized spacial score (nSPS) is 10.0. The smallest absolute Gasteiger partial charge is 0.216 e. The van der Waals surface area contributed by atoms with Gasteiger partial charge in [-0.1, -0.05) is 0 Å². The molecule has 0 aliphatic rings. The molecule has 0 saturated heterocycles. The highest BCUT2D eigenvalue weighted by molar-refractivity contribution is 8.93. The van der Waals surface area contributed by atoms with Crippen LogP contribution in [0.25, 0.3) is 0 Å². The maximum atomic E-state index is 7.85. The summed E-state index contributed by atoms with van der Waals surface area (Å²) in [5.74, 6) is -2.00. The van der Waals surface area contributed by atoms with Gasteiger partial charge in [0.25, 0.3) is 0 Å². The van der Waals surface area contributed by atoms with Gasteiger partial charge in [0.1, 0.15) is 0 Å². The Morgan fingerprint density at radius 3 is 1.50 bits per heavy atom. The lowest BCUT2D eigenvalue weighted by molar-refractivity contribution is -0.138. The molecule has 0 aliphatic heterocycles. The van der Waals surface area contributed by atoms with Gasteiger partial charge in [0.15, 0.2) is 0 Å². The molecule has 0 radical (unpaired) electrons. The van der Waals surface area contributed by atoms with Crippen molar-refractivity contribution >= 4 is 17.0 Å². The van der Waals surface area contributed by atoms with Gasteiger partial charge in [0.05, 0.1) is 0 Å². The molecule has 6 heavy (non-hydrogen) atoms. The van der Waals surface area contributed by atoms with Gasteiger partial charge in [-0.25, -0.2) is 0 Å². The van der Waals surface area contributed by atoms with E-state index in [1.807, 2.05) is 0 Å². The third kappa shape index (κ3) is 380. The van der Waals surface area contributed by atoms with E-state index >= 15 is 0 Å². The molecule has 0 heterocycles. The number of hydrogen-bond acceptors (Lipinski definition) is 3. The first-order valence-corrected chi connectivity index (χ1v) is 1.24. The fourth-order valence-electron chi connectivity index (χ4n) is 0. The molecule has 0 spiro atoms. The average molecular weight is 158 g/mol. The summed E-state index contributed by atoms with van der Waals surface area (Å²) in [6, 6.07) is 0. The maximum Gasteiger partial charge on any atom is 0.216 e. The summed E-state index contributed by atoms with van der Waals surface area (Å²) in [6.07, 6.45) is 0. The number of hydrogen-bond donors (Lipinski definition) is 3. The van der Waals surface area contributed by atoms with Gasteiger partial charge >= 0.3 is 0 Å². The van der Waals surface area contributed by atoms with Crippen LogP contribution < -0.4 is 5.73 Å². The zero-order chi connectivity index (χ0) is 4.50. The fourth-order valence-corrected chi connectivity index (χ4v) is 0. The average Bonchev–Trinajstić information content (AvgIpc) is 0.722. The summed E-state index contributed by atoms with van der Waals surface area (Å²) in [6.45, 7) is 1.08. The van der Waals surface area contributed by atoms with E-state index in [0.29, 0.717) is 0 Å². The summed E-state index contributed by atoms with van der Waals surface area (Å²) < 4.78 is 0. The second kappa shape index (κ2) is 2.52. The van der Waals surface area contributed by atoms with Crippen LogP contribution in [0.15, 0.2) is 0 Å². The van der Waals surface area contributed by atoms with Crippen LogP contribution >= 0.6 is 17.0 Å². The Labute approximate surface area is 46.5 Å². The van der Waals surface area contributed by atoms with E-state index in [0.717, 1.165) is 6.92 Å². The molecule has 3 nitrogen and oxygen atoms in total. The molecule has 0 saturated carbocycles. The Balaban J connectivity index is 0. The van der Waals surface area contributed by atoms with Crippen LogP contribution in [0, 0.1) is 0 Å². The number of nitrogens with two attached hydrogens (primary N) is 1.